The van der Waals surface area contributed by atoms with E-state index in [0.29, 0.717) is 17.2 Å². The van der Waals surface area contributed by atoms with Gasteiger partial charge < -0.3 is 4.74 Å². The number of unbranched alkanes of at least 4 members (excludes halogenated alkanes) is 3. The zero-order valence-electron chi connectivity index (χ0n) is 16.5. The van der Waals surface area contributed by atoms with Crippen LogP contribution in [0.1, 0.15) is 74.4 Å². The van der Waals surface area contributed by atoms with E-state index in [2.05, 4.69) is 32.9 Å². The predicted molar refractivity (Wildman–Crippen MR) is 109 cm³/mol. The maximum atomic E-state index is 12.3. The molecule has 0 aromatic heterocycles. The molecule has 0 heterocycles. The normalized spacial score (nSPS) is 12.0. The van der Waals surface area contributed by atoms with Crippen molar-refractivity contribution >= 4 is 5.97 Å². The second kappa shape index (κ2) is 10.8. The first-order valence-corrected chi connectivity index (χ1v) is 10.0. The highest BCUT2D eigenvalue weighted by Crippen LogP contribution is 2.17. The zero-order valence-corrected chi connectivity index (χ0v) is 16.5. The first kappa shape index (κ1) is 20.2. The number of ether oxygens (including phenoxy) is 1. The first-order chi connectivity index (χ1) is 12.6. The van der Waals surface area contributed by atoms with Gasteiger partial charge in [-0.2, -0.15) is 0 Å². The van der Waals surface area contributed by atoms with Crippen LogP contribution < -0.4 is 4.74 Å². The molecule has 0 saturated carbocycles. The number of carbonyl (C=O) groups is 1. The molecule has 0 spiro atoms. The number of benzene rings is 2. The minimum Gasteiger partial charge on any atom is -0.423 e. The summed E-state index contributed by atoms with van der Waals surface area (Å²) in [7, 11) is 0. The molecule has 0 aliphatic rings. The maximum absolute atomic E-state index is 12.3. The van der Waals surface area contributed by atoms with Crippen LogP contribution in [0.25, 0.3) is 0 Å². The number of hydrogen-bond acceptors (Lipinski definition) is 2. The topological polar surface area (TPSA) is 26.3 Å². The van der Waals surface area contributed by atoms with E-state index in [1.54, 1.807) is 0 Å². The van der Waals surface area contributed by atoms with Crippen LogP contribution in [-0.2, 0) is 12.8 Å². The minimum atomic E-state index is -0.296. The number of aryl methyl sites for hydroxylation is 1. The van der Waals surface area contributed by atoms with Crippen LogP contribution in [0.3, 0.4) is 0 Å². The Balaban J connectivity index is 1.86. The van der Waals surface area contributed by atoms with Crippen molar-refractivity contribution in [3.05, 3.63) is 65.2 Å². The molecule has 2 rings (SSSR count). The van der Waals surface area contributed by atoms with E-state index >= 15 is 0 Å². The Morgan fingerprint density at radius 3 is 2.15 bits per heavy atom. The van der Waals surface area contributed by atoms with Crippen molar-refractivity contribution in [3.63, 3.8) is 0 Å². The van der Waals surface area contributed by atoms with Crippen LogP contribution in [0.15, 0.2) is 48.5 Å². The van der Waals surface area contributed by atoms with Crippen LogP contribution in [0.4, 0.5) is 0 Å². The molecule has 0 N–H and O–H groups in total. The second-order valence-corrected chi connectivity index (χ2v) is 7.26. The lowest BCUT2D eigenvalue weighted by Crippen LogP contribution is -2.08. The Labute approximate surface area is 158 Å². The summed E-state index contributed by atoms with van der Waals surface area (Å²) in [6.07, 6.45) is 8.35. The van der Waals surface area contributed by atoms with Gasteiger partial charge in [-0.1, -0.05) is 70.7 Å². The second-order valence-electron chi connectivity index (χ2n) is 7.26. The van der Waals surface area contributed by atoms with Gasteiger partial charge in [0.05, 0.1) is 5.56 Å². The molecular formula is C24H32O2. The molecule has 1 atom stereocenters. The molecule has 140 valence electrons. The van der Waals surface area contributed by atoms with Crippen molar-refractivity contribution in [2.45, 2.75) is 65.7 Å². The van der Waals surface area contributed by atoms with E-state index in [1.807, 2.05) is 36.4 Å². The smallest absolute Gasteiger partial charge is 0.343 e. The fourth-order valence-electron chi connectivity index (χ4n) is 2.97. The minimum absolute atomic E-state index is 0.296. The molecule has 0 amide bonds. The third-order valence-corrected chi connectivity index (χ3v) is 4.92. The van der Waals surface area contributed by atoms with E-state index in [9.17, 15) is 4.79 Å². The summed E-state index contributed by atoms with van der Waals surface area (Å²) in [6, 6.07) is 15.7. The molecule has 0 bridgehead atoms. The van der Waals surface area contributed by atoms with Crippen molar-refractivity contribution in [2.24, 2.45) is 5.92 Å². The van der Waals surface area contributed by atoms with Crippen LogP contribution in [0.2, 0.25) is 0 Å². The maximum Gasteiger partial charge on any atom is 0.343 e. The molecule has 0 saturated heterocycles. The Morgan fingerprint density at radius 2 is 1.54 bits per heavy atom. The lowest BCUT2D eigenvalue weighted by molar-refractivity contribution is 0.0734. The van der Waals surface area contributed by atoms with Crippen molar-refractivity contribution in [3.8, 4) is 5.75 Å². The van der Waals surface area contributed by atoms with Crippen LogP contribution in [0, 0.1) is 5.92 Å². The monoisotopic (exact) mass is 352 g/mol. The van der Waals surface area contributed by atoms with Crippen LogP contribution >= 0.6 is 0 Å². The van der Waals surface area contributed by atoms with Crippen molar-refractivity contribution in [1.82, 2.24) is 0 Å². The molecule has 0 aliphatic heterocycles. The molecule has 2 aromatic rings. The highest BCUT2D eigenvalue weighted by Gasteiger charge is 2.09. The molecule has 0 aliphatic carbocycles. The van der Waals surface area contributed by atoms with Gasteiger partial charge in [0.15, 0.2) is 0 Å². The first-order valence-electron chi connectivity index (χ1n) is 10.0. The summed E-state index contributed by atoms with van der Waals surface area (Å²) in [5.74, 6) is 0.972. The lowest BCUT2D eigenvalue weighted by atomic mass is 9.98. The highest BCUT2D eigenvalue weighted by atomic mass is 16.5. The molecule has 2 heteroatoms. The van der Waals surface area contributed by atoms with Gasteiger partial charge in [-0.3, -0.25) is 0 Å². The van der Waals surface area contributed by atoms with Gasteiger partial charge in [0.1, 0.15) is 5.75 Å². The van der Waals surface area contributed by atoms with Crippen LogP contribution in [-0.4, -0.2) is 5.97 Å². The molecule has 2 aromatic carbocycles. The summed E-state index contributed by atoms with van der Waals surface area (Å²) < 4.78 is 5.50. The molecular weight excluding hydrogens is 320 g/mol. The van der Waals surface area contributed by atoms with Crippen molar-refractivity contribution in [2.75, 3.05) is 0 Å². The Kier molecular flexibility index (Phi) is 8.40. The van der Waals surface area contributed by atoms with Crippen molar-refractivity contribution < 1.29 is 9.53 Å². The van der Waals surface area contributed by atoms with Gasteiger partial charge in [0, 0.05) is 0 Å². The third-order valence-electron chi connectivity index (χ3n) is 4.92. The zero-order chi connectivity index (χ0) is 18.8. The SMILES string of the molecule is CCCCCCc1ccc(OC(=O)c2ccc(CC(C)CC)cc2)cc1. The van der Waals surface area contributed by atoms with Crippen LogP contribution in [0.5, 0.6) is 5.75 Å². The van der Waals surface area contributed by atoms with E-state index in [4.69, 9.17) is 4.74 Å². The highest BCUT2D eigenvalue weighted by molar-refractivity contribution is 5.91. The fraction of sp³-hybridized carbons (Fsp3) is 0.458. The quantitative estimate of drug-likeness (QED) is 0.273. The number of carbonyl (C=O) groups excluding carboxylic acids is 1. The average Bonchev–Trinajstić information content (AvgIpc) is 2.67. The Hall–Kier alpha value is -2.09. The Bertz CT molecular complexity index is 656. The molecule has 2 nitrogen and oxygen atoms in total. The third kappa shape index (κ3) is 6.67. The van der Waals surface area contributed by atoms with Gasteiger partial charge in [0.25, 0.3) is 0 Å². The van der Waals surface area contributed by atoms with Gasteiger partial charge in [0.2, 0.25) is 0 Å². The molecule has 0 fully saturated rings. The standard InChI is InChI=1S/C24H32O2/c1-4-6-7-8-9-20-12-16-23(17-13-20)26-24(25)22-14-10-21(11-15-22)18-19(3)5-2/h10-17,19H,4-9,18H2,1-3H3. The predicted octanol–water partition coefficient (Wildman–Crippen LogP) is 6.62. The van der Waals surface area contributed by atoms with E-state index in [0.717, 1.165) is 12.8 Å². The summed E-state index contributed by atoms with van der Waals surface area (Å²) in [6.45, 7) is 6.67. The number of esters is 1. The lowest BCUT2D eigenvalue weighted by Gasteiger charge is -2.09. The number of rotatable bonds is 10. The molecule has 0 radical (unpaired) electrons. The largest absolute Gasteiger partial charge is 0.423 e. The summed E-state index contributed by atoms with van der Waals surface area (Å²) in [5, 5.41) is 0. The summed E-state index contributed by atoms with van der Waals surface area (Å²) >= 11 is 0. The van der Waals surface area contributed by atoms with Gasteiger partial charge in [-0.25, -0.2) is 4.79 Å². The van der Waals surface area contributed by atoms with E-state index in [-0.39, 0.29) is 5.97 Å². The average molecular weight is 353 g/mol. The van der Waals surface area contributed by atoms with Gasteiger partial charge in [-0.15, -0.1) is 0 Å². The summed E-state index contributed by atoms with van der Waals surface area (Å²) in [4.78, 5) is 12.3. The molecule has 26 heavy (non-hydrogen) atoms. The van der Waals surface area contributed by atoms with Gasteiger partial charge >= 0.3 is 5.97 Å². The molecule has 1 unspecified atom stereocenters. The summed E-state index contributed by atoms with van der Waals surface area (Å²) in [5.41, 5.74) is 3.17. The number of hydrogen-bond donors (Lipinski definition) is 0. The Morgan fingerprint density at radius 1 is 0.885 bits per heavy atom. The van der Waals surface area contributed by atoms with E-state index < -0.39 is 0 Å². The fourth-order valence-corrected chi connectivity index (χ4v) is 2.97. The van der Waals surface area contributed by atoms with Crippen molar-refractivity contribution in [1.29, 1.82) is 0 Å². The van der Waals surface area contributed by atoms with Gasteiger partial charge in [-0.05, 0) is 60.6 Å². The van der Waals surface area contributed by atoms with E-state index in [1.165, 1.54) is 43.2 Å².